The third kappa shape index (κ3) is 3.98. The van der Waals surface area contributed by atoms with Crippen LogP contribution in [-0.2, 0) is 0 Å². The van der Waals surface area contributed by atoms with Crippen molar-refractivity contribution in [3.63, 3.8) is 0 Å². The number of imidazole rings is 1. The Labute approximate surface area is 175 Å². The molecule has 0 spiro atoms. The van der Waals surface area contributed by atoms with E-state index in [2.05, 4.69) is 10.3 Å². The summed E-state index contributed by atoms with van der Waals surface area (Å²) in [6, 6.07) is 18.7. The maximum atomic E-state index is 13.0. The minimum absolute atomic E-state index is 0.227. The number of carbonyl (C=O) groups is 1. The number of para-hydroxylation sites is 1. The molecular weight excluding hydrogens is 378 g/mol. The molecule has 4 rings (SSSR count). The molecule has 0 saturated heterocycles. The standard InChI is InChI=1S/C24H23N3O3/c1-3-29-21-13-12-17(15-22(21)30-4-2)24(28)26-19-10-6-5-9-18(19)20-16-27-14-8-7-11-23(27)25-20/h5-16H,3-4H2,1-2H3,(H,26,28). The van der Waals surface area contributed by atoms with Crippen molar-refractivity contribution in [2.75, 3.05) is 18.5 Å². The number of aromatic nitrogens is 2. The molecule has 2 aromatic carbocycles. The Morgan fingerprint density at radius 2 is 1.73 bits per heavy atom. The largest absolute Gasteiger partial charge is 0.490 e. The minimum atomic E-state index is -0.227. The molecule has 1 amide bonds. The monoisotopic (exact) mass is 401 g/mol. The molecule has 6 nitrogen and oxygen atoms in total. The summed E-state index contributed by atoms with van der Waals surface area (Å²) in [5.41, 5.74) is 3.68. The number of anilines is 1. The topological polar surface area (TPSA) is 64.9 Å². The molecule has 0 radical (unpaired) electrons. The van der Waals surface area contributed by atoms with E-state index in [1.54, 1.807) is 18.2 Å². The predicted molar refractivity (Wildman–Crippen MR) is 117 cm³/mol. The molecule has 2 aromatic heterocycles. The molecule has 2 heterocycles. The quantitative estimate of drug-likeness (QED) is 0.471. The van der Waals surface area contributed by atoms with Crippen molar-refractivity contribution >= 4 is 17.2 Å². The predicted octanol–water partition coefficient (Wildman–Crippen LogP) is 5.05. The lowest BCUT2D eigenvalue weighted by Gasteiger charge is -2.13. The number of benzene rings is 2. The summed E-state index contributed by atoms with van der Waals surface area (Å²) in [4.78, 5) is 17.6. The van der Waals surface area contributed by atoms with Gasteiger partial charge in [-0.3, -0.25) is 4.79 Å². The van der Waals surface area contributed by atoms with Crippen LogP contribution in [0.5, 0.6) is 11.5 Å². The van der Waals surface area contributed by atoms with Crippen molar-refractivity contribution < 1.29 is 14.3 Å². The van der Waals surface area contributed by atoms with E-state index in [1.807, 2.05) is 73.1 Å². The fraction of sp³-hybridized carbons (Fsp3) is 0.167. The second kappa shape index (κ2) is 8.69. The first kappa shape index (κ1) is 19.5. The minimum Gasteiger partial charge on any atom is -0.490 e. The van der Waals surface area contributed by atoms with Crippen LogP contribution in [0.1, 0.15) is 24.2 Å². The molecule has 6 heteroatoms. The van der Waals surface area contributed by atoms with Crippen molar-refractivity contribution in [1.29, 1.82) is 0 Å². The zero-order chi connectivity index (χ0) is 20.9. The molecular formula is C24H23N3O3. The van der Waals surface area contributed by atoms with Crippen LogP contribution in [0.4, 0.5) is 5.69 Å². The molecule has 0 fully saturated rings. The van der Waals surface area contributed by atoms with Crippen molar-refractivity contribution in [2.45, 2.75) is 13.8 Å². The highest BCUT2D eigenvalue weighted by Gasteiger charge is 2.15. The molecule has 30 heavy (non-hydrogen) atoms. The normalized spacial score (nSPS) is 10.7. The zero-order valence-corrected chi connectivity index (χ0v) is 17.0. The Balaban J connectivity index is 1.63. The SMILES string of the molecule is CCOc1ccc(C(=O)Nc2ccccc2-c2cn3ccccc3n2)cc1OCC. The highest BCUT2D eigenvalue weighted by Crippen LogP contribution is 2.31. The number of ether oxygens (including phenoxy) is 2. The van der Waals surface area contributed by atoms with Crippen LogP contribution in [0, 0.1) is 0 Å². The van der Waals surface area contributed by atoms with Gasteiger partial charge in [0.2, 0.25) is 0 Å². The first-order valence-electron chi connectivity index (χ1n) is 9.93. The van der Waals surface area contributed by atoms with E-state index in [4.69, 9.17) is 9.47 Å². The van der Waals surface area contributed by atoms with Gasteiger partial charge in [0.15, 0.2) is 11.5 Å². The average Bonchev–Trinajstić information content (AvgIpc) is 3.20. The van der Waals surface area contributed by atoms with Crippen LogP contribution in [0.3, 0.4) is 0 Å². The van der Waals surface area contributed by atoms with Gasteiger partial charge >= 0.3 is 0 Å². The fourth-order valence-corrected chi connectivity index (χ4v) is 3.27. The van der Waals surface area contributed by atoms with Gasteiger partial charge in [-0.25, -0.2) is 4.98 Å². The molecule has 4 aromatic rings. The second-order valence-corrected chi connectivity index (χ2v) is 6.62. The van der Waals surface area contributed by atoms with Crippen molar-refractivity contribution in [3.05, 3.63) is 78.6 Å². The van der Waals surface area contributed by atoms with Crippen LogP contribution in [0.15, 0.2) is 73.1 Å². The smallest absolute Gasteiger partial charge is 0.255 e. The van der Waals surface area contributed by atoms with Crippen LogP contribution >= 0.6 is 0 Å². The summed E-state index contributed by atoms with van der Waals surface area (Å²) in [6.45, 7) is 4.82. The zero-order valence-electron chi connectivity index (χ0n) is 17.0. The lowest BCUT2D eigenvalue weighted by Crippen LogP contribution is -2.13. The molecule has 0 saturated carbocycles. The maximum Gasteiger partial charge on any atom is 0.255 e. The van der Waals surface area contributed by atoms with Gasteiger partial charge in [-0.2, -0.15) is 0 Å². The Bertz CT molecular complexity index is 1150. The average molecular weight is 401 g/mol. The van der Waals surface area contributed by atoms with Gasteiger partial charge in [-0.15, -0.1) is 0 Å². The molecule has 0 bridgehead atoms. The summed E-state index contributed by atoms with van der Waals surface area (Å²) >= 11 is 0. The lowest BCUT2D eigenvalue weighted by molar-refractivity contribution is 0.102. The summed E-state index contributed by atoms with van der Waals surface area (Å²) < 4.78 is 13.2. The number of hydrogen-bond acceptors (Lipinski definition) is 4. The number of amides is 1. The van der Waals surface area contributed by atoms with E-state index < -0.39 is 0 Å². The van der Waals surface area contributed by atoms with Gasteiger partial charge in [-0.1, -0.05) is 24.3 Å². The van der Waals surface area contributed by atoms with E-state index in [9.17, 15) is 4.79 Å². The van der Waals surface area contributed by atoms with Gasteiger partial charge in [0.1, 0.15) is 5.65 Å². The summed E-state index contributed by atoms with van der Waals surface area (Å²) in [6.07, 6.45) is 3.90. The van der Waals surface area contributed by atoms with Gasteiger partial charge in [0.05, 0.1) is 24.6 Å². The number of nitrogens with one attached hydrogen (secondary N) is 1. The number of fused-ring (bicyclic) bond motifs is 1. The number of rotatable bonds is 7. The van der Waals surface area contributed by atoms with E-state index in [-0.39, 0.29) is 5.91 Å². The van der Waals surface area contributed by atoms with Gasteiger partial charge in [0.25, 0.3) is 5.91 Å². The Kier molecular flexibility index (Phi) is 5.66. The molecule has 0 aliphatic heterocycles. The highest BCUT2D eigenvalue weighted by atomic mass is 16.5. The molecule has 152 valence electrons. The second-order valence-electron chi connectivity index (χ2n) is 6.62. The molecule has 0 aliphatic rings. The van der Waals surface area contributed by atoms with Crippen molar-refractivity contribution in [1.82, 2.24) is 9.38 Å². The molecule has 1 N–H and O–H groups in total. The van der Waals surface area contributed by atoms with Crippen LogP contribution in [-0.4, -0.2) is 28.5 Å². The molecule has 0 unspecified atom stereocenters. The number of carbonyl (C=O) groups excluding carboxylic acids is 1. The van der Waals surface area contributed by atoms with Crippen LogP contribution < -0.4 is 14.8 Å². The van der Waals surface area contributed by atoms with Gasteiger partial charge in [-0.05, 0) is 50.2 Å². The van der Waals surface area contributed by atoms with Crippen LogP contribution in [0.25, 0.3) is 16.9 Å². The number of hydrogen-bond donors (Lipinski definition) is 1. The van der Waals surface area contributed by atoms with E-state index >= 15 is 0 Å². The van der Waals surface area contributed by atoms with E-state index in [0.29, 0.717) is 36.0 Å². The highest BCUT2D eigenvalue weighted by molar-refractivity contribution is 6.06. The first-order valence-corrected chi connectivity index (χ1v) is 9.93. The van der Waals surface area contributed by atoms with Crippen molar-refractivity contribution in [3.8, 4) is 22.8 Å². The lowest BCUT2D eigenvalue weighted by atomic mass is 10.1. The number of pyridine rings is 1. The van der Waals surface area contributed by atoms with E-state index in [1.165, 1.54) is 0 Å². The first-order chi connectivity index (χ1) is 14.7. The molecule has 0 atom stereocenters. The Morgan fingerprint density at radius 1 is 0.967 bits per heavy atom. The van der Waals surface area contributed by atoms with Crippen LogP contribution in [0.2, 0.25) is 0 Å². The van der Waals surface area contributed by atoms with Gasteiger partial charge in [0, 0.05) is 23.5 Å². The molecule has 0 aliphatic carbocycles. The maximum absolute atomic E-state index is 13.0. The third-order valence-corrected chi connectivity index (χ3v) is 4.62. The van der Waals surface area contributed by atoms with Gasteiger partial charge < -0.3 is 19.2 Å². The fourth-order valence-electron chi connectivity index (χ4n) is 3.27. The van der Waals surface area contributed by atoms with E-state index in [0.717, 1.165) is 16.9 Å². The summed E-state index contributed by atoms with van der Waals surface area (Å²) in [5.74, 6) is 0.955. The summed E-state index contributed by atoms with van der Waals surface area (Å²) in [7, 11) is 0. The Morgan fingerprint density at radius 3 is 2.53 bits per heavy atom. The number of nitrogens with zero attached hydrogens (tertiary/aromatic N) is 2. The Hall–Kier alpha value is -3.80. The van der Waals surface area contributed by atoms with Crippen molar-refractivity contribution in [2.24, 2.45) is 0 Å². The third-order valence-electron chi connectivity index (χ3n) is 4.62. The summed E-state index contributed by atoms with van der Waals surface area (Å²) in [5, 5.41) is 3.01.